The first-order chi connectivity index (χ1) is 10.1. The molecule has 0 aliphatic heterocycles. The molecule has 0 spiro atoms. The molecular formula is C14H17N2O5+. The lowest BCUT2D eigenvalue weighted by atomic mass is 10.1. The Morgan fingerprint density at radius 3 is 2.05 bits per heavy atom. The van der Waals surface area contributed by atoms with Gasteiger partial charge in [0.1, 0.15) is 0 Å². The summed E-state index contributed by atoms with van der Waals surface area (Å²) >= 11 is 0. The second kappa shape index (κ2) is 7.65. The van der Waals surface area contributed by atoms with Gasteiger partial charge >= 0.3 is 11.6 Å². The monoisotopic (exact) mass is 293 g/mol. The van der Waals surface area contributed by atoms with Gasteiger partial charge in [-0.15, -0.1) is 0 Å². The van der Waals surface area contributed by atoms with Crippen molar-refractivity contribution in [3.8, 4) is 17.2 Å². The van der Waals surface area contributed by atoms with Crippen LogP contribution in [-0.4, -0.2) is 33.5 Å². The van der Waals surface area contributed by atoms with Crippen LogP contribution in [0.1, 0.15) is 5.56 Å². The van der Waals surface area contributed by atoms with Gasteiger partial charge in [0.2, 0.25) is 11.1 Å². The summed E-state index contributed by atoms with van der Waals surface area (Å²) in [6.45, 7) is 0. The number of methoxy groups -OCH3 is 4. The normalized spacial score (nSPS) is 11.6. The molecular weight excluding hydrogens is 276 g/mol. The summed E-state index contributed by atoms with van der Waals surface area (Å²) in [6.07, 6.45) is 2.97. The number of hydrogen-bond acceptors (Lipinski definition) is 6. The number of aliphatic hydroxyl groups excluding tert-OH is 1. The summed E-state index contributed by atoms with van der Waals surface area (Å²) in [6, 6.07) is 3.41. The van der Waals surface area contributed by atoms with E-state index < -0.39 is 5.95 Å². The molecule has 0 unspecified atom stereocenters. The van der Waals surface area contributed by atoms with Crippen molar-refractivity contribution in [1.82, 2.24) is 0 Å². The van der Waals surface area contributed by atoms with E-state index in [-0.39, 0.29) is 5.70 Å². The van der Waals surface area contributed by atoms with Gasteiger partial charge in [0, 0.05) is 6.08 Å². The van der Waals surface area contributed by atoms with Crippen LogP contribution < -0.4 is 14.2 Å². The highest BCUT2D eigenvalue weighted by Crippen LogP contribution is 2.38. The van der Waals surface area contributed by atoms with E-state index in [0.717, 1.165) is 0 Å². The second-order valence-corrected chi connectivity index (χ2v) is 3.79. The van der Waals surface area contributed by atoms with Gasteiger partial charge in [0.25, 0.3) is 0 Å². The molecule has 0 saturated carbocycles. The minimum Gasteiger partial charge on any atom is -0.493 e. The third-order valence-corrected chi connectivity index (χ3v) is 2.64. The summed E-state index contributed by atoms with van der Waals surface area (Å²) in [5.41, 5.74) is 0.570. The molecule has 1 N–H and O–H groups in total. The van der Waals surface area contributed by atoms with Crippen molar-refractivity contribution >= 4 is 6.08 Å². The lowest BCUT2D eigenvalue weighted by Crippen LogP contribution is -1.95. The van der Waals surface area contributed by atoms with Crippen LogP contribution in [0.15, 0.2) is 29.9 Å². The average molecular weight is 293 g/mol. The summed E-state index contributed by atoms with van der Waals surface area (Å²) < 4.78 is 20.2. The van der Waals surface area contributed by atoms with Crippen LogP contribution >= 0.6 is 0 Å². The molecule has 0 fully saturated rings. The van der Waals surface area contributed by atoms with Crippen LogP contribution in [0, 0.1) is 5.39 Å². The predicted octanol–water partition coefficient (Wildman–Crippen LogP) is 2.95. The SMILES string of the molecule is CO/C(O)=C(\C=C\c1cc(OC)c(OC)c(OC)c1)[N+]#N. The zero-order valence-corrected chi connectivity index (χ0v) is 12.3. The molecule has 0 atom stereocenters. The first-order valence-electron chi connectivity index (χ1n) is 5.91. The van der Waals surface area contributed by atoms with Gasteiger partial charge in [-0.25, -0.2) is 0 Å². The smallest absolute Gasteiger partial charge is 0.463 e. The molecule has 0 heterocycles. The molecule has 0 radical (unpaired) electrons. The zero-order chi connectivity index (χ0) is 15.8. The van der Waals surface area contributed by atoms with Crippen molar-refractivity contribution in [2.24, 2.45) is 0 Å². The highest BCUT2D eigenvalue weighted by Gasteiger charge is 2.16. The number of allylic oxidation sites excluding steroid dienone is 1. The fraction of sp³-hybridized carbons (Fsp3) is 0.286. The molecule has 112 valence electrons. The summed E-state index contributed by atoms with van der Waals surface area (Å²) in [7, 11) is 5.79. The number of benzene rings is 1. The van der Waals surface area contributed by atoms with Crippen molar-refractivity contribution in [3.63, 3.8) is 0 Å². The molecule has 0 amide bonds. The molecule has 1 aromatic carbocycles. The summed E-state index contributed by atoms with van der Waals surface area (Å²) in [5.74, 6) is 0.943. The Balaban J connectivity index is 3.24. The topological polar surface area (TPSA) is 85.3 Å². The number of rotatable bonds is 6. The standard InChI is InChI=1S/C14H16N2O5/c1-18-11-7-9(8-12(19-2)13(11)20-3)5-6-10(16-15)14(17)21-4/h5-8H,1-4H3/p+1/b6-5+,14-10+. The Morgan fingerprint density at radius 2 is 1.67 bits per heavy atom. The number of ether oxygens (including phenoxy) is 4. The van der Waals surface area contributed by atoms with Crippen LogP contribution in [0.2, 0.25) is 0 Å². The van der Waals surface area contributed by atoms with Gasteiger partial charge in [-0.2, -0.15) is 0 Å². The molecule has 0 aliphatic rings. The van der Waals surface area contributed by atoms with E-state index in [1.807, 2.05) is 0 Å². The third kappa shape index (κ3) is 3.79. The quantitative estimate of drug-likeness (QED) is 0.493. The molecule has 0 saturated heterocycles. The van der Waals surface area contributed by atoms with Gasteiger partial charge in [-0.05, 0) is 23.8 Å². The van der Waals surface area contributed by atoms with E-state index in [1.165, 1.54) is 34.5 Å². The van der Waals surface area contributed by atoms with Gasteiger partial charge in [-0.3, -0.25) is 0 Å². The van der Waals surface area contributed by atoms with Gasteiger partial charge in [0.15, 0.2) is 16.5 Å². The van der Waals surface area contributed by atoms with Crippen molar-refractivity contribution in [2.75, 3.05) is 28.4 Å². The number of hydrogen-bond donors (Lipinski definition) is 1. The molecule has 0 bridgehead atoms. The zero-order valence-electron chi connectivity index (χ0n) is 12.3. The first kappa shape index (κ1) is 16.2. The molecule has 7 nitrogen and oxygen atoms in total. The molecule has 7 heteroatoms. The van der Waals surface area contributed by atoms with Crippen molar-refractivity contribution in [1.29, 1.82) is 5.39 Å². The summed E-state index contributed by atoms with van der Waals surface area (Å²) in [5, 5.41) is 18.2. The van der Waals surface area contributed by atoms with Crippen LogP contribution in [0.5, 0.6) is 17.2 Å². The highest BCUT2D eigenvalue weighted by atomic mass is 16.6. The maximum Gasteiger partial charge on any atom is 0.463 e. The number of aliphatic hydroxyl groups is 1. The van der Waals surface area contributed by atoms with Crippen molar-refractivity contribution in [2.45, 2.75) is 0 Å². The second-order valence-electron chi connectivity index (χ2n) is 3.79. The number of diazo groups is 1. The van der Waals surface area contributed by atoms with Crippen LogP contribution in [0.4, 0.5) is 0 Å². The predicted molar refractivity (Wildman–Crippen MR) is 76.9 cm³/mol. The highest BCUT2D eigenvalue weighted by molar-refractivity contribution is 5.63. The van der Waals surface area contributed by atoms with E-state index >= 15 is 0 Å². The van der Waals surface area contributed by atoms with Crippen LogP contribution in [-0.2, 0) is 4.74 Å². The molecule has 1 rings (SSSR count). The Morgan fingerprint density at radius 1 is 1.10 bits per heavy atom. The van der Waals surface area contributed by atoms with E-state index in [0.29, 0.717) is 22.8 Å². The Labute approximate surface area is 122 Å². The van der Waals surface area contributed by atoms with E-state index in [4.69, 9.17) is 19.6 Å². The van der Waals surface area contributed by atoms with E-state index in [2.05, 4.69) is 9.71 Å². The Bertz CT molecular complexity index is 577. The molecule has 0 aromatic heterocycles. The molecule has 1 aromatic rings. The Hall–Kier alpha value is -2.88. The van der Waals surface area contributed by atoms with Crippen LogP contribution in [0.3, 0.4) is 0 Å². The lowest BCUT2D eigenvalue weighted by molar-refractivity contribution is 0.133. The molecule has 0 aliphatic carbocycles. The average Bonchev–Trinajstić information content (AvgIpc) is 2.53. The lowest BCUT2D eigenvalue weighted by Gasteiger charge is -2.12. The van der Waals surface area contributed by atoms with Crippen molar-refractivity contribution in [3.05, 3.63) is 40.4 Å². The fourth-order valence-corrected chi connectivity index (χ4v) is 1.62. The van der Waals surface area contributed by atoms with Crippen molar-refractivity contribution < 1.29 is 24.1 Å². The minimum absolute atomic E-state index is 0.119. The number of nitrogens with zero attached hydrogens (tertiary/aromatic N) is 2. The minimum atomic E-state index is -0.499. The van der Waals surface area contributed by atoms with Gasteiger partial charge < -0.3 is 24.1 Å². The maximum absolute atomic E-state index is 9.36. The first-order valence-corrected chi connectivity index (χ1v) is 5.91. The van der Waals surface area contributed by atoms with E-state index in [1.54, 1.807) is 18.2 Å². The van der Waals surface area contributed by atoms with Gasteiger partial charge in [-0.1, -0.05) is 0 Å². The third-order valence-electron chi connectivity index (χ3n) is 2.64. The summed E-state index contributed by atoms with van der Waals surface area (Å²) in [4.78, 5) is 2.92. The largest absolute Gasteiger partial charge is 0.493 e. The maximum atomic E-state index is 9.36. The van der Waals surface area contributed by atoms with E-state index in [9.17, 15) is 5.11 Å². The molecule has 21 heavy (non-hydrogen) atoms. The van der Waals surface area contributed by atoms with Crippen LogP contribution in [0.25, 0.3) is 11.1 Å². The Kier molecular flexibility index (Phi) is 5.89. The fourth-order valence-electron chi connectivity index (χ4n) is 1.62. The van der Waals surface area contributed by atoms with Gasteiger partial charge in [0.05, 0.1) is 28.4 Å².